The third-order valence-corrected chi connectivity index (χ3v) is 3.52. The Morgan fingerprint density at radius 2 is 2.31 bits per heavy atom. The van der Waals surface area contributed by atoms with Crippen molar-refractivity contribution < 1.29 is 0 Å². The summed E-state index contributed by atoms with van der Waals surface area (Å²) in [6, 6.07) is 5.80. The average Bonchev–Trinajstić information content (AvgIpc) is 2.65. The molecule has 0 saturated heterocycles. The van der Waals surface area contributed by atoms with Gasteiger partial charge in [0.25, 0.3) is 0 Å². The molecule has 16 heavy (non-hydrogen) atoms. The highest BCUT2D eigenvalue weighted by Crippen LogP contribution is 2.28. The highest BCUT2D eigenvalue weighted by atomic mass is 35.5. The van der Waals surface area contributed by atoms with Crippen molar-refractivity contribution in [2.75, 3.05) is 0 Å². The fourth-order valence-corrected chi connectivity index (χ4v) is 2.37. The van der Waals surface area contributed by atoms with Gasteiger partial charge in [-0.1, -0.05) is 29.4 Å². The highest BCUT2D eigenvalue weighted by Gasteiger charge is 2.05. The van der Waals surface area contributed by atoms with E-state index in [4.69, 9.17) is 17.3 Å². The van der Waals surface area contributed by atoms with Crippen molar-refractivity contribution in [3.05, 3.63) is 35.1 Å². The first-order chi connectivity index (χ1) is 7.70. The molecule has 6 heteroatoms. The maximum Gasteiger partial charge on any atom is 0.190 e. The number of aryl methyl sites for hydroxylation is 1. The van der Waals surface area contributed by atoms with E-state index in [9.17, 15) is 0 Å². The summed E-state index contributed by atoms with van der Waals surface area (Å²) in [5, 5.41) is 5.52. The van der Waals surface area contributed by atoms with Crippen LogP contribution < -0.4 is 5.73 Å². The first kappa shape index (κ1) is 11.4. The monoisotopic (exact) mass is 254 g/mol. The van der Waals surface area contributed by atoms with E-state index in [-0.39, 0.29) is 0 Å². The molecule has 0 atom stereocenters. The lowest BCUT2D eigenvalue weighted by molar-refractivity contribution is 0.685. The summed E-state index contributed by atoms with van der Waals surface area (Å²) in [5.74, 6) is 0. The number of hydrogen-bond donors (Lipinski definition) is 1. The summed E-state index contributed by atoms with van der Waals surface area (Å²) >= 11 is 7.59. The minimum absolute atomic E-state index is 0.452. The van der Waals surface area contributed by atoms with Crippen LogP contribution in [0.1, 0.15) is 5.56 Å². The van der Waals surface area contributed by atoms with Crippen molar-refractivity contribution in [1.82, 2.24) is 14.8 Å². The lowest BCUT2D eigenvalue weighted by Crippen LogP contribution is -1.97. The Morgan fingerprint density at radius 3 is 2.88 bits per heavy atom. The molecular formula is C10H11ClN4S. The van der Waals surface area contributed by atoms with Crippen LogP contribution in [-0.2, 0) is 13.6 Å². The third kappa shape index (κ3) is 2.37. The van der Waals surface area contributed by atoms with Gasteiger partial charge in [0.1, 0.15) is 6.33 Å². The smallest absolute Gasteiger partial charge is 0.190 e. The zero-order valence-corrected chi connectivity index (χ0v) is 10.3. The van der Waals surface area contributed by atoms with Crippen LogP contribution in [0.3, 0.4) is 0 Å². The van der Waals surface area contributed by atoms with Gasteiger partial charge >= 0.3 is 0 Å². The Labute approximate surface area is 103 Å². The fraction of sp³-hybridized carbons (Fsp3) is 0.200. The predicted octanol–water partition coefficient (Wildman–Crippen LogP) is 2.08. The van der Waals surface area contributed by atoms with Gasteiger partial charge in [-0.15, -0.1) is 0 Å². The molecule has 4 nitrogen and oxygen atoms in total. The number of rotatable bonds is 3. The van der Waals surface area contributed by atoms with Crippen LogP contribution in [0.25, 0.3) is 0 Å². The Morgan fingerprint density at radius 1 is 1.50 bits per heavy atom. The van der Waals surface area contributed by atoms with Crippen LogP contribution in [0.15, 0.2) is 34.6 Å². The zero-order chi connectivity index (χ0) is 11.5. The van der Waals surface area contributed by atoms with E-state index in [2.05, 4.69) is 10.1 Å². The molecule has 0 aliphatic rings. The summed E-state index contributed by atoms with van der Waals surface area (Å²) < 4.78 is 1.72. The molecule has 1 aromatic carbocycles. The van der Waals surface area contributed by atoms with E-state index in [1.165, 1.54) is 18.1 Å². The van der Waals surface area contributed by atoms with Gasteiger partial charge in [-0.25, -0.2) is 9.67 Å². The SMILES string of the molecule is Cn1ncnc1Sc1ccc(CN)c(Cl)c1. The largest absolute Gasteiger partial charge is 0.326 e. The van der Waals surface area contributed by atoms with Crippen LogP contribution >= 0.6 is 23.4 Å². The van der Waals surface area contributed by atoms with Gasteiger partial charge in [0.2, 0.25) is 0 Å². The second-order valence-electron chi connectivity index (χ2n) is 3.23. The number of benzene rings is 1. The van der Waals surface area contributed by atoms with Gasteiger partial charge in [-0.3, -0.25) is 0 Å². The summed E-state index contributed by atoms with van der Waals surface area (Å²) in [4.78, 5) is 5.16. The van der Waals surface area contributed by atoms with Crippen molar-refractivity contribution >= 4 is 23.4 Å². The van der Waals surface area contributed by atoms with Crippen molar-refractivity contribution in [3.63, 3.8) is 0 Å². The van der Waals surface area contributed by atoms with E-state index in [1.54, 1.807) is 4.68 Å². The maximum atomic E-state index is 6.07. The van der Waals surface area contributed by atoms with Gasteiger partial charge < -0.3 is 5.73 Å². The lowest BCUT2D eigenvalue weighted by atomic mass is 10.2. The van der Waals surface area contributed by atoms with Crippen molar-refractivity contribution in [2.45, 2.75) is 16.6 Å². The molecule has 0 spiro atoms. The lowest BCUT2D eigenvalue weighted by Gasteiger charge is -2.04. The highest BCUT2D eigenvalue weighted by molar-refractivity contribution is 7.99. The van der Waals surface area contributed by atoms with Crippen molar-refractivity contribution in [2.24, 2.45) is 12.8 Å². The molecule has 1 aromatic heterocycles. The number of nitrogens with two attached hydrogens (primary N) is 1. The molecule has 2 aromatic rings. The first-order valence-corrected chi connectivity index (χ1v) is 5.90. The summed E-state index contributed by atoms with van der Waals surface area (Å²) in [7, 11) is 1.85. The van der Waals surface area contributed by atoms with Crippen LogP contribution in [0.4, 0.5) is 0 Å². The van der Waals surface area contributed by atoms with E-state index in [0.717, 1.165) is 15.6 Å². The van der Waals surface area contributed by atoms with Crippen LogP contribution in [0, 0.1) is 0 Å². The molecule has 0 amide bonds. The normalized spacial score (nSPS) is 10.7. The third-order valence-electron chi connectivity index (χ3n) is 2.12. The predicted molar refractivity (Wildman–Crippen MR) is 64.5 cm³/mol. The Bertz CT molecular complexity index is 497. The standard InChI is InChI=1S/C10H11ClN4S/c1-15-10(13-6-14-15)16-8-3-2-7(5-12)9(11)4-8/h2-4,6H,5,12H2,1H3. The molecule has 2 N–H and O–H groups in total. The van der Waals surface area contributed by atoms with Crippen LogP contribution in [-0.4, -0.2) is 14.8 Å². The summed E-state index contributed by atoms with van der Waals surface area (Å²) in [6.45, 7) is 0.452. The van der Waals surface area contributed by atoms with Crippen molar-refractivity contribution in [3.8, 4) is 0 Å². The van der Waals surface area contributed by atoms with E-state index >= 15 is 0 Å². The number of hydrogen-bond acceptors (Lipinski definition) is 4. The molecule has 1 heterocycles. The number of halogens is 1. The van der Waals surface area contributed by atoms with Gasteiger partial charge in [-0.2, -0.15) is 5.10 Å². The molecule has 0 fully saturated rings. The number of nitrogens with zero attached hydrogens (tertiary/aromatic N) is 3. The van der Waals surface area contributed by atoms with Gasteiger partial charge in [-0.05, 0) is 17.7 Å². The Hall–Kier alpha value is -1.04. The number of aromatic nitrogens is 3. The quantitative estimate of drug-likeness (QED) is 0.911. The van der Waals surface area contributed by atoms with Gasteiger partial charge in [0.05, 0.1) is 0 Å². The molecular weight excluding hydrogens is 244 g/mol. The zero-order valence-electron chi connectivity index (χ0n) is 8.72. The van der Waals surface area contributed by atoms with E-state index in [0.29, 0.717) is 11.6 Å². The fourth-order valence-electron chi connectivity index (χ4n) is 1.24. The molecule has 0 radical (unpaired) electrons. The first-order valence-electron chi connectivity index (χ1n) is 4.71. The average molecular weight is 255 g/mol. The van der Waals surface area contributed by atoms with E-state index in [1.807, 2.05) is 25.2 Å². The minimum Gasteiger partial charge on any atom is -0.326 e. The minimum atomic E-state index is 0.452. The second-order valence-corrected chi connectivity index (χ2v) is 4.67. The van der Waals surface area contributed by atoms with E-state index < -0.39 is 0 Å². The molecule has 2 rings (SSSR count). The topological polar surface area (TPSA) is 56.7 Å². The summed E-state index contributed by atoms with van der Waals surface area (Å²) in [6.07, 6.45) is 1.53. The molecule has 84 valence electrons. The molecule has 0 aliphatic carbocycles. The van der Waals surface area contributed by atoms with Crippen LogP contribution in [0.2, 0.25) is 5.02 Å². The summed E-state index contributed by atoms with van der Waals surface area (Å²) in [5.41, 5.74) is 6.49. The molecule has 0 saturated carbocycles. The van der Waals surface area contributed by atoms with Gasteiger partial charge in [0.15, 0.2) is 5.16 Å². The molecule has 0 aliphatic heterocycles. The Balaban J connectivity index is 2.23. The maximum absolute atomic E-state index is 6.07. The molecule has 0 bridgehead atoms. The Kier molecular flexibility index (Phi) is 3.48. The second kappa shape index (κ2) is 4.86. The molecule has 0 unspecified atom stereocenters. The van der Waals surface area contributed by atoms with Gasteiger partial charge in [0, 0.05) is 23.5 Å². The van der Waals surface area contributed by atoms with Crippen LogP contribution in [0.5, 0.6) is 0 Å². The van der Waals surface area contributed by atoms with Crippen molar-refractivity contribution in [1.29, 1.82) is 0 Å².